The Balaban J connectivity index is 1.20. The van der Waals surface area contributed by atoms with Crippen molar-refractivity contribution in [1.82, 2.24) is 31.3 Å². The van der Waals surface area contributed by atoms with Crippen molar-refractivity contribution in [3.8, 4) is 22.5 Å². The highest BCUT2D eigenvalue weighted by molar-refractivity contribution is 6.00. The van der Waals surface area contributed by atoms with Gasteiger partial charge in [-0.25, -0.2) is 4.39 Å². The number of aromatic amines is 1. The van der Waals surface area contributed by atoms with Crippen molar-refractivity contribution >= 4 is 17.5 Å². The molecule has 11 heteroatoms. The Bertz CT molecular complexity index is 1770. The molecule has 45 heavy (non-hydrogen) atoms. The Morgan fingerprint density at radius 2 is 1.84 bits per heavy atom. The first-order valence-electron chi connectivity index (χ1n) is 14.8. The van der Waals surface area contributed by atoms with Crippen LogP contribution in [0.1, 0.15) is 43.6 Å². The number of benzene rings is 3. The average Bonchev–Trinajstić information content (AvgIpc) is 3.75. The largest absolute Gasteiger partial charge is 0.468 e. The van der Waals surface area contributed by atoms with Crippen LogP contribution in [-0.4, -0.2) is 44.0 Å². The zero-order valence-electron chi connectivity index (χ0n) is 25.1. The average molecular weight is 608 g/mol. The van der Waals surface area contributed by atoms with E-state index in [1.165, 1.54) is 6.07 Å². The molecule has 3 heterocycles. The summed E-state index contributed by atoms with van der Waals surface area (Å²) < 4.78 is 20.4. The summed E-state index contributed by atoms with van der Waals surface area (Å²) in [6, 6.07) is 23.3. The van der Waals surface area contributed by atoms with Crippen LogP contribution in [-0.2, 0) is 29.1 Å². The first kappa shape index (κ1) is 29.9. The van der Waals surface area contributed by atoms with Crippen LogP contribution in [0.4, 0.5) is 10.1 Å². The molecule has 0 aliphatic carbocycles. The number of hydrogen-bond donors (Lipinski definition) is 3. The summed E-state index contributed by atoms with van der Waals surface area (Å²) in [4.78, 5) is 28.8. The number of carbonyl (C=O) groups is 2. The van der Waals surface area contributed by atoms with E-state index in [0.29, 0.717) is 36.5 Å². The molecule has 2 amide bonds. The Morgan fingerprint density at radius 1 is 1.04 bits per heavy atom. The minimum Gasteiger partial charge on any atom is -0.468 e. The van der Waals surface area contributed by atoms with Crippen LogP contribution in [0.2, 0.25) is 0 Å². The molecule has 0 unspecified atom stereocenters. The molecular formula is C34H34FN7O3. The van der Waals surface area contributed by atoms with Crippen LogP contribution in [0, 0.1) is 5.82 Å². The van der Waals surface area contributed by atoms with Gasteiger partial charge < -0.3 is 20.0 Å². The zero-order chi connectivity index (χ0) is 31.4. The highest BCUT2D eigenvalue weighted by Gasteiger charge is 2.33. The molecule has 1 atom stereocenters. The molecular weight excluding hydrogens is 573 g/mol. The number of carbonyl (C=O) groups excluding carboxylic acids is 2. The number of rotatable bonds is 10. The number of H-pyrrole nitrogens is 1. The van der Waals surface area contributed by atoms with Gasteiger partial charge in [0.25, 0.3) is 0 Å². The molecule has 1 aliphatic rings. The number of anilines is 1. The third kappa shape index (κ3) is 6.83. The summed E-state index contributed by atoms with van der Waals surface area (Å²) in [5.74, 6) is 0.353. The third-order valence-electron chi connectivity index (χ3n) is 8.01. The number of nitrogens with one attached hydrogen (secondary N) is 3. The van der Waals surface area contributed by atoms with E-state index in [-0.39, 0.29) is 30.6 Å². The lowest BCUT2D eigenvalue weighted by Gasteiger charge is -2.29. The number of aromatic nitrogens is 4. The number of hydrogen-bond acceptors (Lipinski definition) is 7. The predicted molar refractivity (Wildman–Crippen MR) is 167 cm³/mol. The molecule has 230 valence electrons. The topological polar surface area (TPSA) is 129 Å². The van der Waals surface area contributed by atoms with Crippen molar-refractivity contribution in [3.05, 3.63) is 108 Å². The molecule has 3 N–H and O–H groups in total. The summed E-state index contributed by atoms with van der Waals surface area (Å²) in [5, 5.41) is 20.7. The standard InChI is InChI=1S/C34H34FN7O3/c1-34(2,36-20-24-7-6-18-45-24)19-31(43)37-29-17-16-27-28(35)10-5-11-30(27)42(33(29)44)21-22-12-14-23(15-13-22)25-8-3-4-9-26(25)32-38-40-41-39-32/h3-15,18,29,36H,16-17,19-21H2,1-2H3,(H,37,43)(H,38,39,40,41)/t29-/m1/s1. The third-order valence-corrected chi connectivity index (χ3v) is 8.01. The van der Waals surface area contributed by atoms with E-state index >= 15 is 4.39 Å². The van der Waals surface area contributed by atoms with Crippen LogP contribution in [0.15, 0.2) is 89.5 Å². The van der Waals surface area contributed by atoms with E-state index in [9.17, 15) is 9.59 Å². The number of amides is 2. The van der Waals surface area contributed by atoms with E-state index in [0.717, 1.165) is 28.0 Å². The van der Waals surface area contributed by atoms with Gasteiger partial charge in [0, 0.05) is 23.1 Å². The first-order valence-corrected chi connectivity index (χ1v) is 14.8. The highest BCUT2D eigenvalue weighted by Crippen LogP contribution is 2.33. The van der Waals surface area contributed by atoms with Crippen molar-refractivity contribution in [2.24, 2.45) is 0 Å². The molecule has 5 aromatic rings. The van der Waals surface area contributed by atoms with E-state index in [1.54, 1.807) is 23.3 Å². The molecule has 0 radical (unpaired) electrons. The molecule has 6 rings (SSSR count). The van der Waals surface area contributed by atoms with E-state index < -0.39 is 11.6 Å². The lowest BCUT2D eigenvalue weighted by Crippen LogP contribution is -2.50. The van der Waals surface area contributed by atoms with Gasteiger partial charge >= 0.3 is 0 Å². The van der Waals surface area contributed by atoms with Crippen LogP contribution in [0.5, 0.6) is 0 Å². The van der Waals surface area contributed by atoms with Gasteiger partial charge in [-0.15, -0.1) is 10.2 Å². The van der Waals surface area contributed by atoms with Crippen molar-refractivity contribution < 1.29 is 18.4 Å². The van der Waals surface area contributed by atoms with E-state index in [4.69, 9.17) is 4.42 Å². The van der Waals surface area contributed by atoms with Gasteiger partial charge in [0.15, 0.2) is 0 Å². The summed E-state index contributed by atoms with van der Waals surface area (Å²) in [7, 11) is 0. The quantitative estimate of drug-likeness (QED) is 0.199. The van der Waals surface area contributed by atoms with Crippen LogP contribution >= 0.6 is 0 Å². The number of tetrazole rings is 1. The molecule has 2 aromatic heterocycles. The van der Waals surface area contributed by atoms with Crippen molar-refractivity contribution in [2.75, 3.05) is 4.90 Å². The molecule has 0 bridgehead atoms. The maximum atomic E-state index is 15.0. The number of nitrogens with zero attached hydrogens (tertiary/aromatic N) is 4. The summed E-state index contributed by atoms with van der Waals surface area (Å²) in [5.41, 5.74) is 4.01. The molecule has 10 nitrogen and oxygen atoms in total. The van der Waals surface area contributed by atoms with E-state index in [1.807, 2.05) is 74.5 Å². The lowest BCUT2D eigenvalue weighted by molar-refractivity contribution is -0.128. The Kier molecular flexibility index (Phi) is 8.52. The minimum atomic E-state index is -0.800. The van der Waals surface area contributed by atoms with Gasteiger partial charge in [0.05, 0.1) is 25.0 Å². The lowest BCUT2D eigenvalue weighted by atomic mass is 9.98. The summed E-state index contributed by atoms with van der Waals surface area (Å²) in [6.45, 7) is 4.53. The first-order chi connectivity index (χ1) is 21.8. The molecule has 1 aliphatic heterocycles. The van der Waals surface area contributed by atoms with Crippen LogP contribution in [0.3, 0.4) is 0 Å². The van der Waals surface area contributed by atoms with Gasteiger partial charge in [0.1, 0.15) is 17.6 Å². The number of furan rings is 1. The van der Waals surface area contributed by atoms with Gasteiger partial charge in [-0.1, -0.05) is 54.6 Å². The fourth-order valence-corrected chi connectivity index (χ4v) is 5.69. The zero-order valence-corrected chi connectivity index (χ0v) is 25.1. The molecule has 0 saturated heterocycles. The second kappa shape index (κ2) is 12.8. The SMILES string of the molecule is CC(C)(CC(=O)N[C@@H]1CCc2c(F)cccc2N(Cc2ccc(-c3ccccc3-c3nn[nH]n3)cc2)C1=O)NCc1ccco1. The normalized spacial score (nSPS) is 15.0. The Hall–Kier alpha value is -5.16. The Morgan fingerprint density at radius 3 is 2.58 bits per heavy atom. The molecule has 0 fully saturated rings. The second-order valence-electron chi connectivity index (χ2n) is 11.8. The fraction of sp³-hybridized carbons (Fsp3) is 0.265. The Labute approximate surface area is 260 Å². The number of halogens is 1. The molecule has 0 spiro atoms. The van der Waals surface area contributed by atoms with E-state index in [2.05, 4.69) is 31.3 Å². The predicted octanol–water partition coefficient (Wildman–Crippen LogP) is 5.19. The molecule has 3 aromatic carbocycles. The van der Waals surface area contributed by atoms with Crippen molar-refractivity contribution in [1.29, 1.82) is 0 Å². The monoisotopic (exact) mass is 607 g/mol. The number of fused-ring (bicyclic) bond motifs is 1. The summed E-state index contributed by atoms with van der Waals surface area (Å²) in [6.07, 6.45) is 2.36. The van der Waals surface area contributed by atoms with Crippen molar-refractivity contribution in [3.63, 3.8) is 0 Å². The maximum absolute atomic E-state index is 15.0. The minimum absolute atomic E-state index is 0.144. The van der Waals surface area contributed by atoms with Crippen LogP contribution < -0.4 is 15.5 Å². The van der Waals surface area contributed by atoms with Crippen LogP contribution in [0.25, 0.3) is 22.5 Å². The van der Waals surface area contributed by atoms with Gasteiger partial charge in [-0.3, -0.25) is 9.59 Å². The van der Waals surface area contributed by atoms with Gasteiger partial charge in [0.2, 0.25) is 17.6 Å². The van der Waals surface area contributed by atoms with Crippen molar-refractivity contribution in [2.45, 2.75) is 57.8 Å². The maximum Gasteiger partial charge on any atom is 0.249 e. The molecule has 0 saturated carbocycles. The fourth-order valence-electron chi connectivity index (χ4n) is 5.69. The van der Waals surface area contributed by atoms with Gasteiger partial charge in [-0.2, -0.15) is 5.21 Å². The second-order valence-corrected chi connectivity index (χ2v) is 11.8. The van der Waals surface area contributed by atoms with Gasteiger partial charge in [-0.05, 0) is 72.9 Å². The summed E-state index contributed by atoms with van der Waals surface area (Å²) >= 11 is 0. The highest BCUT2D eigenvalue weighted by atomic mass is 19.1. The smallest absolute Gasteiger partial charge is 0.249 e.